The van der Waals surface area contributed by atoms with Crippen molar-refractivity contribution < 1.29 is 9.90 Å². The highest BCUT2D eigenvalue weighted by Gasteiger charge is 2.16. The van der Waals surface area contributed by atoms with Crippen LogP contribution in [0.25, 0.3) is 5.57 Å². The van der Waals surface area contributed by atoms with Crippen molar-refractivity contribution in [3.05, 3.63) is 41.0 Å². The zero-order valence-electron chi connectivity index (χ0n) is 8.37. The molecule has 0 saturated heterocycles. The Hall–Kier alpha value is -2.01. The van der Waals surface area contributed by atoms with Gasteiger partial charge in [-0.15, -0.1) is 0 Å². The minimum Gasteiger partial charge on any atom is -0.472 e. The first-order valence-electron chi connectivity index (χ1n) is 4.71. The number of benzene rings is 1. The van der Waals surface area contributed by atoms with Gasteiger partial charge < -0.3 is 5.11 Å². The van der Waals surface area contributed by atoms with Gasteiger partial charge in [0.15, 0.2) is 0 Å². The number of fused-ring (bicyclic) bond motifs is 1. The summed E-state index contributed by atoms with van der Waals surface area (Å²) in [6.45, 7) is 1.99. The van der Waals surface area contributed by atoms with Gasteiger partial charge in [-0.05, 0) is 24.5 Å². The molecule has 1 aliphatic carbocycles. The van der Waals surface area contributed by atoms with Gasteiger partial charge in [-0.2, -0.15) is 0 Å². The third-order valence-electron chi connectivity index (χ3n) is 2.46. The molecule has 1 N–H and O–H groups in total. The molecule has 0 aromatic heterocycles. The van der Waals surface area contributed by atoms with Crippen LogP contribution < -0.4 is 0 Å². The zero-order valence-corrected chi connectivity index (χ0v) is 8.37. The predicted molar refractivity (Wildman–Crippen MR) is 58.2 cm³/mol. The summed E-state index contributed by atoms with van der Waals surface area (Å²) < 4.78 is 0. The molecule has 2 nitrogen and oxygen atoms in total. The molecule has 1 aromatic carbocycles. The Bertz CT molecular complexity index is 513. The van der Waals surface area contributed by atoms with Crippen LogP contribution >= 0.6 is 0 Å². The van der Waals surface area contributed by atoms with E-state index in [9.17, 15) is 4.79 Å². The highest BCUT2D eigenvalue weighted by molar-refractivity contribution is 5.94. The molecule has 0 heterocycles. The molecule has 0 aliphatic heterocycles. The number of carboxylic acids is 1. The topological polar surface area (TPSA) is 37.3 Å². The van der Waals surface area contributed by atoms with E-state index in [2.05, 4.69) is 11.8 Å². The molecular formula is C13H10O2. The molecule has 1 aliphatic rings. The van der Waals surface area contributed by atoms with Crippen molar-refractivity contribution in [1.82, 2.24) is 0 Å². The van der Waals surface area contributed by atoms with Gasteiger partial charge in [0.2, 0.25) is 0 Å². The maximum Gasteiger partial charge on any atom is 0.382 e. The number of hydrogen-bond acceptors (Lipinski definition) is 1. The first kappa shape index (κ1) is 9.54. The molecule has 0 atom stereocenters. The van der Waals surface area contributed by atoms with E-state index in [4.69, 9.17) is 5.11 Å². The van der Waals surface area contributed by atoms with Gasteiger partial charge in [-0.3, -0.25) is 0 Å². The lowest BCUT2D eigenvalue weighted by molar-refractivity contribution is -0.130. The Kier molecular flexibility index (Phi) is 2.31. The smallest absolute Gasteiger partial charge is 0.382 e. The quantitative estimate of drug-likeness (QED) is 0.648. The average molecular weight is 198 g/mol. The van der Waals surface area contributed by atoms with Gasteiger partial charge in [0.05, 0.1) is 0 Å². The van der Waals surface area contributed by atoms with E-state index in [0.29, 0.717) is 0 Å². The number of hydrogen-bond donors (Lipinski definition) is 1. The van der Waals surface area contributed by atoms with Crippen LogP contribution in [0, 0.1) is 11.8 Å². The van der Waals surface area contributed by atoms with Crippen LogP contribution in [0.4, 0.5) is 0 Å². The lowest BCUT2D eigenvalue weighted by Gasteiger charge is -1.97. The fraction of sp³-hybridized carbons (Fsp3) is 0.154. The number of carboxylic acid groups (broad SMARTS) is 1. The minimum atomic E-state index is -1.08. The number of allylic oxidation sites excluding steroid dienone is 2. The SMILES string of the molecule is CC1=C(C#CC(=O)O)c2ccccc2C1. The van der Waals surface area contributed by atoms with Crippen LogP contribution in [0.3, 0.4) is 0 Å². The summed E-state index contributed by atoms with van der Waals surface area (Å²) in [5.41, 5.74) is 4.31. The van der Waals surface area contributed by atoms with E-state index in [0.717, 1.165) is 23.1 Å². The van der Waals surface area contributed by atoms with Gasteiger partial charge in [0.25, 0.3) is 0 Å². The summed E-state index contributed by atoms with van der Waals surface area (Å²) in [4.78, 5) is 10.4. The molecule has 74 valence electrons. The Balaban J connectivity index is 2.46. The second-order valence-corrected chi connectivity index (χ2v) is 3.54. The van der Waals surface area contributed by atoms with E-state index >= 15 is 0 Å². The first-order chi connectivity index (χ1) is 7.18. The Morgan fingerprint density at radius 3 is 2.87 bits per heavy atom. The molecule has 0 saturated carbocycles. The van der Waals surface area contributed by atoms with Crippen molar-refractivity contribution in [1.29, 1.82) is 0 Å². The predicted octanol–water partition coefficient (Wildman–Crippen LogP) is 2.10. The first-order valence-corrected chi connectivity index (χ1v) is 4.71. The minimum absolute atomic E-state index is 0.869. The van der Waals surface area contributed by atoms with Crippen LogP contribution in [0.15, 0.2) is 29.8 Å². The van der Waals surface area contributed by atoms with Crippen molar-refractivity contribution >= 4 is 11.5 Å². The lowest BCUT2D eigenvalue weighted by atomic mass is 10.1. The molecule has 1 aromatic rings. The maximum atomic E-state index is 10.4. The molecule has 0 fully saturated rings. The highest BCUT2D eigenvalue weighted by atomic mass is 16.4. The monoisotopic (exact) mass is 198 g/mol. The molecule has 0 amide bonds. The van der Waals surface area contributed by atoms with Crippen molar-refractivity contribution in [2.75, 3.05) is 0 Å². The lowest BCUT2D eigenvalue weighted by Crippen LogP contribution is -1.88. The molecule has 2 rings (SSSR count). The Morgan fingerprint density at radius 1 is 1.40 bits per heavy atom. The van der Waals surface area contributed by atoms with Gasteiger partial charge in [-0.25, -0.2) is 4.79 Å². The summed E-state index contributed by atoms with van der Waals surface area (Å²) in [6, 6.07) is 7.96. The summed E-state index contributed by atoms with van der Waals surface area (Å²) >= 11 is 0. The maximum absolute atomic E-state index is 10.4. The largest absolute Gasteiger partial charge is 0.472 e. The third kappa shape index (κ3) is 1.77. The standard InChI is InChI=1S/C13H10O2/c1-9-8-10-4-2-3-5-12(10)11(9)6-7-13(14)15/h2-5H,8H2,1H3,(H,14,15). The summed E-state index contributed by atoms with van der Waals surface area (Å²) in [6.07, 6.45) is 0.875. The second kappa shape index (κ2) is 3.62. The fourth-order valence-corrected chi connectivity index (χ4v) is 1.81. The van der Waals surface area contributed by atoms with E-state index < -0.39 is 5.97 Å². The molecule has 2 heteroatoms. The zero-order chi connectivity index (χ0) is 10.8. The Morgan fingerprint density at radius 2 is 2.13 bits per heavy atom. The van der Waals surface area contributed by atoms with Crippen molar-refractivity contribution in [2.24, 2.45) is 0 Å². The van der Waals surface area contributed by atoms with Crippen molar-refractivity contribution in [3.8, 4) is 11.8 Å². The van der Waals surface area contributed by atoms with Crippen LogP contribution in [0.1, 0.15) is 18.1 Å². The summed E-state index contributed by atoms with van der Waals surface area (Å²) in [5.74, 6) is 3.80. The van der Waals surface area contributed by atoms with E-state index in [1.807, 2.05) is 31.2 Å². The van der Waals surface area contributed by atoms with E-state index in [-0.39, 0.29) is 0 Å². The summed E-state index contributed by atoms with van der Waals surface area (Å²) in [5, 5.41) is 8.51. The number of rotatable bonds is 0. The van der Waals surface area contributed by atoms with Crippen LogP contribution in [-0.2, 0) is 11.2 Å². The number of aliphatic carboxylic acids is 1. The molecule has 0 bridgehead atoms. The molecule has 0 spiro atoms. The fourth-order valence-electron chi connectivity index (χ4n) is 1.81. The second-order valence-electron chi connectivity index (χ2n) is 3.54. The van der Waals surface area contributed by atoms with Crippen molar-refractivity contribution in [2.45, 2.75) is 13.3 Å². The molecule has 15 heavy (non-hydrogen) atoms. The van der Waals surface area contributed by atoms with Gasteiger partial charge >= 0.3 is 5.97 Å². The van der Waals surface area contributed by atoms with Crippen LogP contribution in [0.2, 0.25) is 0 Å². The van der Waals surface area contributed by atoms with Crippen LogP contribution in [0.5, 0.6) is 0 Å². The normalized spacial score (nSPS) is 13.1. The van der Waals surface area contributed by atoms with Crippen LogP contribution in [-0.4, -0.2) is 11.1 Å². The van der Waals surface area contributed by atoms with E-state index in [1.54, 1.807) is 0 Å². The Labute approximate surface area is 88.2 Å². The summed E-state index contributed by atoms with van der Waals surface area (Å²) in [7, 11) is 0. The van der Waals surface area contributed by atoms with Gasteiger partial charge in [0.1, 0.15) is 0 Å². The van der Waals surface area contributed by atoms with E-state index in [1.165, 1.54) is 5.56 Å². The number of carbonyl (C=O) groups is 1. The molecule has 0 radical (unpaired) electrons. The van der Waals surface area contributed by atoms with Gasteiger partial charge in [0, 0.05) is 11.5 Å². The average Bonchev–Trinajstić information content (AvgIpc) is 2.50. The molecule has 0 unspecified atom stereocenters. The van der Waals surface area contributed by atoms with Crippen molar-refractivity contribution in [3.63, 3.8) is 0 Å². The van der Waals surface area contributed by atoms with Gasteiger partial charge in [-0.1, -0.05) is 35.8 Å². The third-order valence-corrected chi connectivity index (χ3v) is 2.46. The molecular weight excluding hydrogens is 188 g/mol. The highest BCUT2D eigenvalue weighted by Crippen LogP contribution is 2.31.